The van der Waals surface area contributed by atoms with E-state index in [4.69, 9.17) is 5.73 Å². The van der Waals surface area contributed by atoms with Crippen LogP contribution in [0.4, 0.5) is 11.4 Å². The number of anilines is 2. The highest BCUT2D eigenvalue weighted by molar-refractivity contribution is 9.10. The summed E-state index contributed by atoms with van der Waals surface area (Å²) in [5.41, 5.74) is 7.66. The Hall–Kier alpha value is -1.53. The summed E-state index contributed by atoms with van der Waals surface area (Å²) >= 11 is 3.22. The molecule has 0 aromatic heterocycles. The van der Waals surface area contributed by atoms with E-state index in [0.29, 0.717) is 15.8 Å². The summed E-state index contributed by atoms with van der Waals surface area (Å²) in [6.45, 7) is 1.90. The van der Waals surface area contributed by atoms with Crippen LogP contribution in [0.1, 0.15) is 5.56 Å². The molecule has 0 spiro atoms. The number of sulfonamides is 1. The lowest BCUT2D eigenvalue weighted by molar-refractivity contribution is 0.601. The molecule has 2 aromatic rings. The van der Waals surface area contributed by atoms with Crippen molar-refractivity contribution in [1.82, 2.24) is 0 Å². The number of hydrogen-bond donors (Lipinski definition) is 2. The Balaban J connectivity index is 2.35. The van der Waals surface area contributed by atoms with E-state index in [-0.39, 0.29) is 4.90 Å². The Kier molecular flexibility index (Phi) is 3.82. The largest absolute Gasteiger partial charge is 0.398 e. The van der Waals surface area contributed by atoms with Crippen molar-refractivity contribution in [2.24, 2.45) is 0 Å². The second-order valence-corrected chi connectivity index (χ2v) is 6.70. The first-order valence-corrected chi connectivity index (χ1v) is 7.80. The molecule has 0 saturated heterocycles. The molecular formula is C13H13BrN2O2S. The number of rotatable bonds is 3. The van der Waals surface area contributed by atoms with Gasteiger partial charge in [-0.1, -0.05) is 12.1 Å². The summed E-state index contributed by atoms with van der Waals surface area (Å²) in [7, 11) is -3.60. The normalized spacial score (nSPS) is 11.3. The van der Waals surface area contributed by atoms with E-state index < -0.39 is 10.0 Å². The lowest BCUT2D eigenvalue weighted by atomic mass is 10.2. The Morgan fingerprint density at radius 1 is 1.16 bits per heavy atom. The molecule has 3 N–H and O–H groups in total. The highest BCUT2D eigenvalue weighted by Gasteiger charge is 2.15. The fraction of sp³-hybridized carbons (Fsp3) is 0.0769. The maximum Gasteiger partial charge on any atom is 0.261 e. The fourth-order valence-electron chi connectivity index (χ4n) is 1.60. The number of benzene rings is 2. The van der Waals surface area contributed by atoms with Crippen molar-refractivity contribution in [3.8, 4) is 0 Å². The molecule has 0 heterocycles. The van der Waals surface area contributed by atoms with E-state index in [2.05, 4.69) is 20.7 Å². The number of nitrogens with two attached hydrogens (primary N) is 1. The monoisotopic (exact) mass is 340 g/mol. The smallest absolute Gasteiger partial charge is 0.261 e. The van der Waals surface area contributed by atoms with Crippen LogP contribution >= 0.6 is 15.9 Å². The van der Waals surface area contributed by atoms with Crippen LogP contribution in [-0.4, -0.2) is 8.42 Å². The summed E-state index contributed by atoms with van der Waals surface area (Å²) in [5.74, 6) is 0. The van der Waals surface area contributed by atoms with Gasteiger partial charge in [0.2, 0.25) is 0 Å². The first-order chi connectivity index (χ1) is 8.88. The molecule has 2 aromatic carbocycles. The summed E-state index contributed by atoms with van der Waals surface area (Å²) in [6.07, 6.45) is 0. The summed E-state index contributed by atoms with van der Waals surface area (Å²) in [4.78, 5) is 0.162. The minimum atomic E-state index is -3.60. The average Bonchev–Trinajstić information content (AvgIpc) is 2.32. The first kappa shape index (κ1) is 13.9. The predicted molar refractivity (Wildman–Crippen MR) is 80.5 cm³/mol. The zero-order valence-electron chi connectivity index (χ0n) is 10.2. The van der Waals surface area contributed by atoms with Crippen molar-refractivity contribution in [1.29, 1.82) is 0 Å². The quantitative estimate of drug-likeness (QED) is 0.843. The molecule has 0 unspecified atom stereocenters. The minimum Gasteiger partial charge on any atom is -0.398 e. The highest BCUT2D eigenvalue weighted by atomic mass is 79.9. The summed E-state index contributed by atoms with van der Waals surface area (Å²) in [5, 5.41) is 0. The third-order valence-corrected chi connectivity index (χ3v) is 4.62. The van der Waals surface area contributed by atoms with Crippen LogP contribution in [0.25, 0.3) is 0 Å². The molecule has 0 aliphatic heterocycles. The van der Waals surface area contributed by atoms with Crippen LogP contribution in [0.5, 0.6) is 0 Å². The molecule has 0 aliphatic rings. The maximum atomic E-state index is 12.2. The predicted octanol–water partition coefficient (Wildman–Crippen LogP) is 3.14. The van der Waals surface area contributed by atoms with Gasteiger partial charge in [-0.05, 0) is 58.7 Å². The molecule has 0 aliphatic carbocycles. The van der Waals surface area contributed by atoms with Crippen molar-refractivity contribution in [3.05, 3.63) is 52.5 Å². The van der Waals surface area contributed by atoms with Gasteiger partial charge >= 0.3 is 0 Å². The van der Waals surface area contributed by atoms with Gasteiger partial charge in [-0.25, -0.2) is 8.42 Å². The van der Waals surface area contributed by atoms with Crippen molar-refractivity contribution in [3.63, 3.8) is 0 Å². The standard InChI is InChI=1S/C13H13BrN2O2S/c1-9-3-2-4-10(7-9)16-19(17,18)11-5-6-13(15)12(14)8-11/h2-8,16H,15H2,1H3. The van der Waals surface area contributed by atoms with Gasteiger partial charge in [-0.3, -0.25) is 4.72 Å². The molecule has 0 saturated carbocycles. The van der Waals surface area contributed by atoms with Crippen molar-refractivity contribution in [2.75, 3.05) is 10.5 Å². The van der Waals surface area contributed by atoms with E-state index in [1.165, 1.54) is 12.1 Å². The molecule has 0 amide bonds. The van der Waals surface area contributed by atoms with E-state index >= 15 is 0 Å². The molecular weight excluding hydrogens is 328 g/mol. The van der Waals surface area contributed by atoms with Gasteiger partial charge in [0.15, 0.2) is 0 Å². The van der Waals surface area contributed by atoms with Crippen molar-refractivity contribution >= 4 is 37.3 Å². The Bertz CT molecular complexity index is 714. The van der Waals surface area contributed by atoms with Crippen LogP contribution in [0.2, 0.25) is 0 Å². The number of aryl methyl sites for hydroxylation is 1. The second kappa shape index (κ2) is 5.22. The minimum absolute atomic E-state index is 0.162. The van der Waals surface area contributed by atoms with Crippen molar-refractivity contribution < 1.29 is 8.42 Å². The second-order valence-electron chi connectivity index (χ2n) is 4.16. The molecule has 100 valence electrons. The van der Waals surface area contributed by atoms with E-state index in [0.717, 1.165) is 5.56 Å². The van der Waals surface area contributed by atoms with Gasteiger partial charge in [-0.2, -0.15) is 0 Å². The highest BCUT2D eigenvalue weighted by Crippen LogP contribution is 2.24. The number of nitrogen functional groups attached to an aromatic ring is 1. The Labute approximate surface area is 120 Å². The lowest BCUT2D eigenvalue weighted by Gasteiger charge is -2.09. The molecule has 6 heteroatoms. The first-order valence-electron chi connectivity index (χ1n) is 5.53. The number of nitrogens with one attached hydrogen (secondary N) is 1. The zero-order chi connectivity index (χ0) is 14.0. The lowest BCUT2D eigenvalue weighted by Crippen LogP contribution is -2.13. The summed E-state index contributed by atoms with van der Waals surface area (Å²) in [6, 6.07) is 11.7. The van der Waals surface area contributed by atoms with Gasteiger partial charge < -0.3 is 5.73 Å². The third kappa shape index (κ3) is 3.27. The van der Waals surface area contributed by atoms with Crippen LogP contribution in [-0.2, 0) is 10.0 Å². The van der Waals surface area contributed by atoms with Gasteiger partial charge in [0.05, 0.1) is 4.90 Å². The molecule has 19 heavy (non-hydrogen) atoms. The van der Waals surface area contributed by atoms with Crippen LogP contribution < -0.4 is 10.5 Å². The Morgan fingerprint density at radius 2 is 1.89 bits per heavy atom. The number of halogens is 1. The molecule has 4 nitrogen and oxygen atoms in total. The van der Waals surface area contributed by atoms with Gasteiger partial charge in [0.25, 0.3) is 10.0 Å². The fourth-order valence-corrected chi connectivity index (χ4v) is 3.20. The van der Waals surface area contributed by atoms with E-state index in [9.17, 15) is 8.42 Å². The molecule has 2 rings (SSSR count). The van der Waals surface area contributed by atoms with Crippen LogP contribution in [0.15, 0.2) is 51.8 Å². The maximum absolute atomic E-state index is 12.2. The van der Waals surface area contributed by atoms with Gasteiger partial charge in [0, 0.05) is 15.8 Å². The van der Waals surface area contributed by atoms with Gasteiger partial charge in [0.1, 0.15) is 0 Å². The van der Waals surface area contributed by atoms with Gasteiger partial charge in [-0.15, -0.1) is 0 Å². The van der Waals surface area contributed by atoms with E-state index in [1.54, 1.807) is 24.3 Å². The average molecular weight is 341 g/mol. The van der Waals surface area contributed by atoms with E-state index in [1.807, 2.05) is 13.0 Å². The number of hydrogen-bond acceptors (Lipinski definition) is 3. The molecule has 0 fully saturated rings. The van der Waals surface area contributed by atoms with Crippen LogP contribution in [0.3, 0.4) is 0 Å². The molecule has 0 atom stereocenters. The SMILES string of the molecule is Cc1cccc(NS(=O)(=O)c2ccc(N)c(Br)c2)c1. The molecule has 0 radical (unpaired) electrons. The molecule has 0 bridgehead atoms. The summed E-state index contributed by atoms with van der Waals surface area (Å²) < 4.78 is 27.5. The third-order valence-electron chi connectivity index (χ3n) is 2.55. The topological polar surface area (TPSA) is 72.2 Å². The zero-order valence-corrected chi connectivity index (χ0v) is 12.6. The Morgan fingerprint density at radius 3 is 2.53 bits per heavy atom. The van der Waals surface area contributed by atoms with Crippen molar-refractivity contribution in [2.45, 2.75) is 11.8 Å². The van der Waals surface area contributed by atoms with Crippen LogP contribution in [0, 0.1) is 6.92 Å².